The van der Waals surface area contributed by atoms with Crippen LogP contribution in [-0.2, 0) is 0 Å². The Kier molecular flexibility index (Phi) is 5.39. The lowest BCUT2D eigenvalue weighted by molar-refractivity contribution is 0.102. The van der Waals surface area contributed by atoms with Crippen LogP contribution >= 0.6 is 63.7 Å². The minimum absolute atomic E-state index is 0.141. The van der Waals surface area contributed by atoms with E-state index in [0.29, 0.717) is 14.6 Å². The molecule has 2 rings (SSSR count). The molecule has 0 aliphatic rings. The molecule has 1 N–H and O–H groups in total. The lowest BCUT2D eigenvalue weighted by Crippen LogP contribution is -2.14. The summed E-state index contributed by atoms with van der Waals surface area (Å²) in [6, 6.07) is 7.93. The van der Waals surface area contributed by atoms with Crippen molar-refractivity contribution in [2.75, 3.05) is 5.32 Å². The quantitative estimate of drug-likeness (QED) is 0.497. The molecule has 2 aromatic rings. The van der Waals surface area contributed by atoms with E-state index >= 15 is 0 Å². The number of nitrogens with one attached hydrogen (secondary N) is 1. The maximum absolute atomic E-state index is 13.4. The smallest absolute Gasteiger partial charge is 0.256 e. The Hall–Kier alpha value is -0.240. The van der Waals surface area contributed by atoms with Gasteiger partial charge in [-0.05, 0) is 72.1 Å². The maximum atomic E-state index is 13.4. The molecule has 20 heavy (non-hydrogen) atoms. The van der Waals surface area contributed by atoms with Gasteiger partial charge >= 0.3 is 0 Å². The van der Waals surface area contributed by atoms with Crippen LogP contribution in [0.15, 0.2) is 48.2 Å². The van der Waals surface area contributed by atoms with Crippen LogP contribution in [0.4, 0.5) is 10.1 Å². The number of anilines is 1. The van der Waals surface area contributed by atoms with Crippen molar-refractivity contribution in [2.24, 2.45) is 0 Å². The fourth-order valence-electron chi connectivity index (χ4n) is 1.52. The lowest BCUT2D eigenvalue weighted by Gasteiger charge is -2.11. The van der Waals surface area contributed by atoms with Gasteiger partial charge in [0.05, 0.1) is 15.7 Å². The van der Waals surface area contributed by atoms with E-state index in [0.717, 1.165) is 4.47 Å². The number of rotatable bonds is 2. The summed E-state index contributed by atoms with van der Waals surface area (Å²) in [5.41, 5.74) is 0.807. The van der Waals surface area contributed by atoms with Crippen molar-refractivity contribution in [3.63, 3.8) is 0 Å². The highest BCUT2D eigenvalue weighted by atomic mass is 79.9. The minimum atomic E-state index is -0.480. The van der Waals surface area contributed by atoms with Crippen molar-refractivity contribution in [1.82, 2.24) is 0 Å². The first-order valence-corrected chi connectivity index (χ1v) is 8.47. The molecule has 0 aromatic heterocycles. The summed E-state index contributed by atoms with van der Waals surface area (Å²) in [5.74, 6) is -0.883. The van der Waals surface area contributed by atoms with Crippen molar-refractivity contribution in [2.45, 2.75) is 0 Å². The van der Waals surface area contributed by atoms with E-state index in [4.69, 9.17) is 0 Å². The van der Waals surface area contributed by atoms with Crippen molar-refractivity contribution in [1.29, 1.82) is 0 Å². The normalized spacial score (nSPS) is 10.4. The second-order valence-corrected chi connectivity index (χ2v) is 7.22. The lowest BCUT2D eigenvalue weighted by atomic mass is 10.2. The van der Waals surface area contributed by atoms with E-state index < -0.39 is 11.7 Å². The van der Waals surface area contributed by atoms with Crippen LogP contribution in [0.5, 0.6) is 0 Å². The first-order valence-electron chi connectivity index (χ1n) is 5.30. The standard InChI is InChI=1S/C13H6Br4FNO/c14-6-4-8(15)12(9(16)5-6)19-13(20)7-2-1-3-10(18)11(7)17/h1-5H,(H,19,20). The topological polar surface area (TPSA) is 29.1 Å². The number of hydrogen-bond acceptors (Lipinski definition) is 1. The summed E-state index contributed by atoms with van der Waals surface area (Å²) in [4.78, 5) is 12.2. The van der Waals surface area contributed by atoms with Gasteiger partial charge in [-0.3, -0.25) is 4.79 Å². The zero-order valence-electron chi connectivity index (χ0n) is 9.68. The van der Waals surface area contributed by atoms with Gasteiger partial charge < -0.3 is 5.32 Å². The molecule has 0 bridgehead atoms. The van der Waals surface area contributed by atoms with Gasteiger partial charge in [0.15, 0.2) is 0 Å². The van der Waals surface area contributed by atoms with E-state index in [9.17, 15) is 9.18 Å². The third kappa shape index (κ3) is 3.50. The Bertz CT molecular complexity index is 667. The van der Waals surface area contributed by atoms with Gasteiger partial charge in [-0.1, -0.05) is 22.0 Å². The van der Waals surface area contributed by atoms with Crippen molar-refractivity contribution in [3.8, 4) is 0 Å². The largest absolute Gasteiger partial charge is 0.320 e. The predicted molar refractivity (Wildman–Crippen MR) is 91.6 cm³/mol. The Morgan fingerprint density at radius 2 is 1.65 bits per heavy atom. The molecule has 0 saturated heterocycles. The number of halogens is 5. The monoisotopic (exact) mass is 527 g/mol. The Labute approximate surface area is 148 Å². The molecule has 0 atom stereocenters. The van der Waals surface area contributed by atoms with Crippen LogP contribution in [0.25, 0.3) is 0 Å². The second-order valence-electron chi connectivity index (χ2n) is 3.80. The molecule has 2 nitrogen and oxygen atoms in total. The molecule has 0 heterocycles. The molecular formula is C13H6Br4FNO. The molecule has 1 amide bonds. The van der Waals surface area contributed by atoms with E-state index in [-0.39, 0.29) is 10.0 Å². The number of amides is 1. The first kappa shape index (κ1) is 16.1. The zero-order chi connectivity index (χ0) is 14.9. The van der Waals surface area contributed by atoms with Crippen molar-refractivity contribution in [3.05, 3.63) is 59.6 Å². The molecule has 2 aromatic carbocycles. The van der Waals surface area contributed by atoms with Gasteiger partial charge in [0.1, 0.15) is 5.82 Å². The third-order valence-corrected chi connectivity index (χ3v) is 4.96. The van der Waals surface area contributed by atoms with Gasteiger partial charge in [-0.25, -0.2) is 4.39 Å². The maximum Gasteiger partial charge on any atom is 0.256 e. The fraction of sp³-hybridized carbons (Fsp3) is 0. The molecule has 0 unspecified atom stereocenters. The molecule has 104 valence electrons. The van der Waals surface area contributed by atoms with Crippen LogP contribution in [0.3, 0.4) is 0 Å². The second kappa shape index (κ2) is 6.68. The highest BCUT2D eigenvalue weighted by Crippen LogP contribution is 2.35. The highest BCUT2D eigenvalue weighted by molar-refractivity contribution is 9.11. The predicted octanol–water partition coefficient (Wildman–Crippen LogP) is 6.13. The van der Waals surface area contributed by atoms with Gasteiger partial charge in [0, 0.05) is 13.4 Å². The molecule has 0 saturated carbocycles. The first-order chi connectivity index (χ1) is 9.40. The summed E-state index contributed by atoms with van der Waals surface area (Å²) < 4.78 is 15.9. The average Bonchev–Trinajstić information content (AvgIpc) is 2.36. The Morgan fingerprint density at radius 3 is 2.25 bits per heavy atom. The summed E-state index contributed by atoms with van der Waals surface area (Å²) in [6.07, 6.45) is 0. The highest BCUT2D eigenvalue weighted by Gasteiger charge is 2.16. The molecule has 0 aliphatic heterocycles. The number of carbonyl (C=O) groups excluding carboxylic acids is 1. The van der Waals surface area contributed by atoms with Crippen molar-refractivity contribution >= 4 is 75.3 Å². The van der Waals surface area contributed by atoms with E-state index in [1.54, 1.807) is 18.2 Å². The van der Waals surface area contributed by atoms with Crippen LogP contribution in [-0.4, -0.2) is 5.91 Å². The van der Waals surface area contributed by atoms with Crippen LogP contribution in [0, 0.1) is 5.82 Å². The SMILES string of the molecule is O=C(Nc1c(Br)cc(Br)cc1Br)c1cccc(F)c1Br. The van der Waals surface area contributed by atoms with Crippen LogP contribution in [0.2, 0.25) is 0 Å². The Morgan fingerprint density at radius 1 is 1.05 bits per heavy atom. The molecule has 0 radical (unpaired) electrons. The van der Waals surface area contributed by atoms with Gasteiger partial charge in [-0.2, -0.15) is 0 Å². The van der Waals surface area contributed by atoms with Gasteiger partial charge in [-0.15, -0.1) is 0 Å². The molecule has 0 fully saturated rings. The molecule has 0 spiro atoms. The number of benzene rings is 2. The Balaban J connectivity index is 2.36. The summed E-state index contributed by atoms with van der Waals surface area (Å²) in [5, 5.41) is 2.74. The van der Waals surface area contributed by atoms with E-state index in [2.05, 4.69) is 69.0 Å². The number of hydrogen-bond donors (Lipinski definition) is 1. The summed E-state index contributed by atoms with van der Waals surface area (Å²) >= 11 is 13.2. The summed E-state index contributed by atoms with van der Waals surface area (Å²) in [7, 11) is 0. The zero-order valence-corrected chi connectivity index (χ0v) is 16.0. The molecule has 7 heteroatoms. The van der Waals surface area contributed by atoms with Gasteiger partial charge in [0.2, 0.25) is 0 Å². The molecule has 0 aliphatic carbocycles. The average molecular weight is 531 g/mol. The third-order valence-electron chi connectivity index (χ3n) is 2.44. The van der Waals surface area contributed by atoms with Crippen LogP contribution in [0.1, 0.15) is 10.4 Å². The van der Waals surface area contributed by atoms with Crippen LogP contribution < -0.4 is 5.32 Å². The molecular weight excluding hydrogens is 525 g/mol. The van der Waals surface area contributed by atoms with E-state index in [1.165, 1.54) is 12.1 Å². The fourth-order valence-corrected chi connectivity index (χ4v) is 4.42. The van der Waals surface area contributed by atoms with Gasteiger partial charge in [0.25, 0.3) is 5.91 Å². The minimum Gasteiger partial charge on any atom is -0.320 e. The van der Waals surface area contributed by atoms with E-state index in [1.807, 2.05) is 0 Å². The summed E-state index contributed by atoms with van der Waals surface area (Å²) in [6.45, 7) is 0. The van der Waals surface area contributed by atoms with Crippen molar-refractivity contribution < 1.29 is 9.18 Å². The number of carbonyl (C=O) groups is 1.